The number of aromatic carboxylic acids is 1. The molecule has 11 heteroatoms. The number of carbonyl (C=O) groups is 1. The van der Waals surface area contributed by atoms with E-state index in [1.165, 1.54) is 24.5 Å². The van der Waals surface area contributed by atoms with Gasteiger partial charge in [0.1, 0.15) is 5.82 Å². The third-order valence-corrected chi connectivity index (χ3v) is 5.37. The van der Waals surface area contributed by atoms with Gasteiger partial charge in [0.25, 0.3) is 6.43 Å². The van der Waals surface area contributed by atoms with Gasteiger partial charge in [-0.3, -0.25) is 0 Å². The Labute approximate surface area is 174 Å². The van der Waals surface area contributed by atoms with Crippen LogP contribution in [0.3, 0.4) is 0 Å². The van der Waals surface area contributed by atoms with Crippen molar-refractivity contribution < 1.29 is 31.9 Å². The van der Waals surface area contributed by atoms with Gasteiger partial charge < -0.3 is 10.8 Å². The first-order valence-corrected chi connectivity index (χ1v) is 9.25. The van der Waals surface area contributed by atoms with E-state index in [1.54, 1.807) is 0 Å². The Kier molecular flexibility index (Phi) is 7.70. The Bertz CT molecular complexity index is 871. The molecular formula is C19H19ClF5N3O2. The van der Waals surface area contributed by atoms with E-state index in [1.807, 2.05) is 0 Å². The maximum absolute atomic E-state index is 13.2. The Morgan fingerprint density at radius 2 is 1.73 bits per heavy atom. The minimum absolute atomic E-state index is 0.181. The van der Waals surface area contributed by atoms with Crippen LogP contribution < -0.4 is 5.73 Å². The van der Waals surface area contributed by atoms with E-state index >= 15 is 0 Å². The summed E-state index contributed by atoms with van der Waals surface area (Å²) in [6.45, 7) is 0.181. The van der Waals surface area contributed by atoms with Crippen molar-refractivity contribution in [1.29, 1.82) is 0 Å². The van der Waals surface area contributed by atoms with Crippen LogP contribution in [0.2, 0.25) is 5.02 Å². The molecule has 1 aromatic heterocycles. The minimum atomic E-state index is -2.74. The number of hydrogen-bond donors (Lipinski definition) is 2. The number of benzene rings is 1. The summed E-state index contributed by atoms with van der Waals surface area (Å²) in [7, 11) is 0. The average molecular weight is 452 g/mol. The molecule has 1 aliphatic rings. The van der Waals surface area contributed by atoms with Gasteiger partial charge in [-0.25, -0.2) is 36.7 Å². The third kappa shape index (κ3) is 5.63. The fraction of sp³-hybridized carbons (Fsp3) is 0.421. The second-order valence-electron chi connectivity index (χ2n) is 6.88. The van der Waals surface area contributed by atoms with Gasteiger partial charge in [0.05, 0.1) is 10.6 Å². The summed E-state index contributed by atoms with van der Waals surface area (Å²) in [5.41, 5.74) is 5.43. The molecule has 0 aliphatic heterocycles. The van der Waals surface area contributed by atoms with E-state index in [0.29, 0.717) is 5.56 Å². The summed E-state index contributed by atoms with van der Waals surface area (Å²) in [6.07, 6.45) is -0.238. The summed E-state index contributed by atoms with van der Waals surface area (Å²) >= 11 is 5.33. The van der Waals surface area contributed by atoms with Crippen molar-refractivity contribution in [1.82, 2.24) is 9.97 Å². The van der Waals surface area contributed by atoms with Gasteiger partial charge in [0, 0.05) is 37.2 Å². The van der Waals surface area contributed by atoms with E-state index in [-0.39, 0.29) is 42.8 Å². The van der Waals surface area contributed by atoms with Crippen LogP contribution in [0.25, 0.3) is 0 Å². The molecule has 30 heavy (non-hydrogen) atoms. The summed E-state index contributed by atoms with van der Waals surface area (Å²) in [5.74, 6) is -5.17. The lowest BCUT2D eigenvalue weighted by molar-refractivity contribution is -0.0510. The Morgan fingerprint density at radius 3 is 2.17 bits per heavy atom. The van der Waals surface area contributed by atoms with Crippen molar-refractivity contribution in [2.24, 2.45) is 5.73 Å². The zero-order valence-electron chi connectivity index (χ0n) is 15.6. The highest BCUT2D eigenvalue weighted by molar-refractivity contribution is 6.33. The van der Waals surface area contributed by atoms with Crippen molar-refractivity contribution in [2.45, 2.75) is 43.4 Å². The number of hydrogen-bond acceptors (Lipinski definition) is 4. The number of carboxylic acid groups (broad SMARTS) is 1. The highest BCUT2D eigenvalue weighted by atomic mass is 35.5. The summed E-state index contributed by atoms with van der Waals surface area (Å²) in [6, 6.07) is 3.65. The average Bonchev–Trinajstić information content (AvgIpc) is 2.71. The topological polar surface area (TPSA) is 89.1 Å². The van der Waals surface area contributed by atoms with Crippen LogP contribution in [0.15, 0.2) is 30.6 Å². The molecule has 2 aromatic rings. The molecule has 0 saturated heterocycles. The molecule has 1 fully saturated rings. The molecule has 3 rings (SSSR count). The standard InChI is InChI=1S/C12H15F4N3.C7H4ClFO2/c13-9(14)10-18-5-8(6-19-10)11(7-17)1-3-12(15,16)4-2-11;8-6-4(7(10)11)2-1-3-5(6)9/h5-6,9H,1-4,7,17H2;1-3H,(H,10,11). The maximum Gasteiger partial charge on any atom is 0.337 e. The van der Waals surface area contributed by atoms with Crippen LogP contribution in [-0.2, 0) is 5.41 Å². The third-order valence-electron chi connectivity index (χ3n) is 4.99. The molecule has 0 amide bonds. The van der Waals surface area contributed by atoms with Crippen molar-refractivity contribution in [3.05, 3.63) is 58.4 Å². The number of rotatable bonds is 4. The van der Waals surface area contributed by atoms with Crippen molar-refractivity contribution in [2.75, 3.05) is 6.54 Å². The molecule has 1 aromatic carbocycles. The monoisotopic (exact) mass is 451 g/mol. The molecule has 164 valence electrons. The number of nitrogens with zero attached hydrogens (tertiary/aromatic N) is 2. The SMILES string of the molecule is NCC1(c2cnc(C(F)F)nc2)CCC(F)(F)CC1.O=C(O)c1cccc(F)c1Cl. The highest BCUT2D eigenvalue weighted by Gasteiger charge is 2.43. The first-order valence-electron chi connectivity index (χ1n) is 8.87. The van der Waals surface area contributed by atoms with E-state index in [2.05, 4.69) is 9.97 Å². The molecule has 0 unspecified atom stereocenters. The van der Waals surface area contributed by atoms with Crippen LogP contribution in [0, 0.1) is 5.82 Å². The Hall–Kier alpha value is -2.33. The van der Waals surface area contributed by atoms with Gasteiger partial charge in [-0.05, 0) is 30.5 Å². The Morgan fingerprint density at radius 1 is 1.17 bits per heavy atom. The number of carboxylic acids is 1. The normalized spacial score (nSPS) is 17.2. The van der Waals surface area contributed by atoms with E-state index in [0.717, 1.165) is 6.07 Å². The van der Waals surface area contributed by atoms with Crippen molar-refractivity contribution >= 4 is 17.6 Å². The Balaban J connectivity index is 0.000000248. The molecule has 0 bridgehead atoms. The number of halogens is 6. The van der Waals surface area contributed by atoms with Gasteiger partial charge in [0.15, 0.2) is 5.82 Å². The molecule has 1 aliphatic carbocycles. The smallest absolute Gasteiger partial charge is 0.337 e. The van der Waals surface area contributed by atoms with Crippen LogP contribution in [-0.4, -0.2) is 33.5 Å². The summed E-state index contributed by atoms with van der Waals surface area (Å²) in [5, 5.41) is 8.09. The van der Waals surface area contributed by atoms with Gasteiger partial charge in [-0.2, -0.15) is 0 Å². The fourth-order valence-corrected chi connectivity index (χ4v) is 3.31. The largest absolute Gasteiger partial charge is 0.478 e. The summed E-state index contributed by atoms with van der Waals surface area (Å²) in [4.78, 5) is 17.5. The predicted molar refractivity (Wildman–Crippen MR) is 99.5 cm³/mol. The van der Waals surface area contributed by atoms with Gasteiger partial charge in [-0.1, -0.05) is 17.7 Å². The molecule has 0 atom stereocenters. The molecule has 0 spiro atoms. The molecule has 0 radical (unpaired) electrons. The quantitative estimate of drug-likeness (QED) is 0.639. The molecular weight excluding hydrogens is 433 g/mol. The molecule has 5 nitrogen and oxygen atoms in total. The lowest BCUT2D eigenvalue weighted by Gasteiger charge is -2.39. The van der Waals surface area contributed by atoms with Crippen molar-refractivity contribution in [3.63, 3.8) is 0 Å². The number of aromatic nitrogens is 2. The number of nitrogens with two attached hydrogens (primary N) is 1. The zero-order valence-corrected chi connectivity index (χ0v) is 16.4. The predicted octanol–water partition coefficient (Wildman–Crippen LogP) is 5.00. The van der Waals surface area contributed by atoms with E-state index in [9.17, 15) is 26.7 Å². The van der Waals surface area contributed by atoms with Gasteiger partial charge >= 0.3 is 5.97 Å². The zero-order chi connectivity index (χ0) is 22.5. The first kappa shape index (κ1) is 23.9. The molecule has 1 saturated carbocycles. The second-order valence-corrected chi connectivity index (χ2v) is 7.26. The second kappa shape index (κ2) is 9.65. The number of alkyl halides is 4. The highest BCUT2D eigenvalue weighted by Crippen LogP contribution is 2.44. The fourth-order valence-electron chi connectivity index (χ4n) is 3.10. The minimum Gasteiger partial charge on any atom is -0.478 e. The van der Waals surface area contributed by atoms with Crippen LogP contribution in [0.5, 0.6) is 0 Å². The summed E-state index contributed by atoms with van der Waals surface area (Å²) < 4.78 is 63.7. The van der Waals surface area contributed by atoms with Crippen LogP contribution in [0.1, 0.15) is 53.9 Å². The van der Waals surface area contributed by atoms with Crippen LogP contribution in [0.4, 0.5) is 22.0 Å². The first-order chi connectivity index (χ1) is 14.0. The molecule has 3 N–H and O–H groups in total. The lowest BCUT2D eigenvalue weighted by atomic mass is 9.69. The maximum atomic E-state index is 13.2. The van der Waals surface area contributed by atoms with Gasteiger partial charge in [-0.15, -0.1) is 0 Å². The van der Waals surface area contributed by atoms with Crippen LogP contribution >= 0.6 is 11.6 Å². The van der Waals surface area contributed by atoms with E-state index < -0.39 is 35.4 Å². The molecule has 1 heterocycles. The lowest BCUT2D eigenvalue weighted by Crippen LogP contribution is -2.42. The van der Waals surface area contributed by atoms with Crippen molar-refractivity contribution in [3.8, 4) is 0 Å². The van der Waals surface area contributed by atoms with E-state index in [4.69, 9.17) is 22.4 Å². The van der Waals surface area contributed by atoms with Gasteiger partial charge in [0.2, 0.25) is 5.92 Å².